The number of hydrogen-bond donors (Lipinski definition) is 1. The fourth-order valence-corrected chi connectivity index (χ4v) is 2.84. The highest BCUT2D eigenvalue weighted by Gasteiger charge is 2.17. The predicted octanol–water partition coefficient (Wildman–Crippen LogP) is 5.19. The third-order valence-electron chi connectivity index (χ3n) is 3.41. The highest BCUT2D eigenvalue weighted by atomic mass is 79.9. The molecule has 1 rings (SSSR count). The van der Waals surface area contributed by atoms with Gasteiger partial charge in [-0.15, -0.1) is 0 Å². The van der Waals surface area contributed by atoms with E-state index in [9.17, 15) is 0 Å². The van der Waals surface area contributed by atoms with E-state index >= 15 is 0 Å². The van der Waals surface area contributed by atoms with Crippen LogP contribution in [0.4, 0.5) is 0 Å². The number of halogens is 2. The lowest BCUT2D eigenvalue weighted by molar-refractivity contribution is 0.385. The molecule has 0 spiro atoms. The maximum Gasteiger partial charge on any atom is 0.0410 e. The van der Waals surface area contributed by atoms with Crippen molar-refractivity contribution >= 4 is 27.5 Å². The van der Waals surface area contributed by atoms with Crippen LogP contribution in [-0.4, -0.2) is 7.05 Å². The van der Waals surface area contributed by atoms with Crippen molar-refractivity contribution in [2.75, 3.05) is 7.05 Å². The van der Waals surface area contributed by atoms with E-state index in [4.69, 9.17) is 11.6 Å². The molecule has 96 valence electrons. The first-order valence-corrected chi connectivity index (χ1v) is 7.41. The molecule has 0 saturated carbocycles. The molecule has 0 amide bonds. The lowest BCUT2D eigenvalue weighted by atomic mass is 9.91. The van der Waals surface area contributed by atoms with Gasteiger partial charge in [-0.1, -0.05) is 54.2 Å². The minimum absolute atomic E-state index is 0.368. The Morgan fingerprint density at radius 2 is 1.94 bits per heavy atom. The van der Waals surface area contributed by atoms with E-state index in [1.807, 2.05) is 19.2 Å². The van der Waals surface area contributed by atoms with E-state index in [0.717, 1.165) is 21.8 Å². The second-order valence-corrected chi connectivity index (χ2v) is 5.72. The maximum atomic E-state index is 6.07. The van der Waals surface area contributed by atoms with E-state index in [1.54, 1.807) is 0 Å². The summed E-state index contributed by atoms with van der Waals surface area (Å²) in [6.07, 6.45) is 3.61. The van der Waals surface area contributed by atoms with Gasteiger partial charge >= 0.3 is 0 Å². The third kappa shape index (κ3) is 4.27. The molecule has 0 aliphatic rings. The Bertz CT molecular complexity index is 350. The van der Waals surface area contributed by atoms with Crippen LogP contribution in [0.15, 0.2) is 22.7 Å². The Hall–Kier alpha value is -0.0500. The predicted molar refractivity (Wildman–Crippen MR) is 79.6 cm³/mol. The molecule has 0 heterocycles. The summed E-state index contributed by atoms with van der Waals surface area (Å²) in [4.78, 5) is 0. The topological polar surface area (TPSA) is 12.0 Å². The summed E-state index contributed by atoms with van der Waals surface area (Å²) in [5, 5.41) is 4.20. The quantitative estimate of drug-likeness (QED) is 0.761. The second kappa shape index (κ2) is 7.40. The van der Waals surface area contributed by atoms with E-state index in [1.165, 1.54) is 18.4 Å². The normalized spacial score (nSPS) is 13.1. The van der Waals surface area contributed by atoms with Gasteiger partial charge in [-0.25, -0.2) is 0 Å². The number of rotatable bonds is 6. The van der Waals surface area contributed by atoms with Crippen molar-refractivity contribution in [3.05, 3.63) is 33.3 Å². The number of hydrogen-bond acceptors (Lipinski definition) is 1. The summed E-state index contributed by atoms with van der Waals surface area (Å²) in [7, 11) is 2.01. The zero-order chi connectivity index (χ0) is 12.8. The van der Waals surface area contributed by atoms with Gasteiger partial charge in [0.1, 0.15) is 0 Å². The number of nitrogens with one attached hydrogen (secondary N) is 1. The summed E-state index contributed by atoms with van der Waals surface area (Å²) < 4.78 is 1.13. The molecule has 0 aromatic heterocycles. The third-order valence-corrected chi connectivity index (χ3v) is 4.36. The first-order chi connectivity index (χ1) is 8.12. The van der Waals surface area contributed by atoms with Crippen molar-refractivity contribution in [1.82, 2.24) is 5.32 Å². The summed E-state index contributed by atoms with van der Waals surface area (Å²) in [5.41, 5.74) is 1.26. The lowest BCUT2D eigenvalue weighted by Crippen LogP contribution is -2.20. The van der Waals surface area contributed by atoms with E-state index in [0.29, 0.717) is 6.04 Å². The Labute approximate surface area is 118 Å². The highest BCUT2D eigenvalue weighted by molar-refractivity contribution is 9.10. The van der Waals surface area contributed by atoms with Crippen molar-refractivity contribution in [3.8, 4) is 0 Å². The molecule has 0 aliphatic carbocycles. The monoisotopic (exact) mass is 317 g/mol. The average molecular weight is 319 g/mol. The van der Waals surface area contributed by atoms with E-state index in [2.05, 4.69) is 41.2 Å². The Morgan fingerprint density at radius 3 is 2.47 bits per heavy atom. The molecule has 1 nitrogen and oxygen atoms in total. The Morgan fingerprint density at radius 1 is 1.29 bits per heavy atom. The first kappa shape index (κ1) is 15.0. The van der Waals surface area contributed by atoms with Crippen molar-refractivity contribution in [3.63, 3.8) is 0 Å². The summed E-state index contributed by atoms with van der Waals surface area (Å²) in [6.45, 7) is 4.52. The minimum Gasteiger partial charge on any atom is -0.313 e. The van der Waals surface area contributed by atoms with Crippen LogP contribution in [0, 0.1) is 5.92 Å². The van der Waals surface area contributed by atoms with E-state index < -0.39 is 0 Å². The second-order valence-electron chi connectivity index (χ2n) is 4.43. The summed E-state index contributed by atoms with van der Waals surface area (Å²) in [6, 6.07) is 6.36. The van der Waals surface area contributed by atoms with Crippen LogP contribution in [-0.2, 0) is 0 Å². The fraction of sp³-hybridized carbons (Fsp3) is 0.571. The molecule has 0 radical (unpaired) electrons. The van der Waals surface area contributed by atoms with E-state index in [-0.39, 0.29) is 0 Å². The zero-order valence-electron chi connectivity index (χ0n) is 10.8. The lowest BCUT2D eigenvalue weighted by Gasteiger charge is -2.23. The van der Waals surface area contributed by atoms with Crippen LogP contribution in [0.25, 0.3) is 0 Å². The van der Waals surface area contributed by atoms with Crippen LogP contribution in [0.2, 0.25) is 5.02 Å². The smallest absolute Gasteiger partial charge is 0.0410 e. The van der Waals surface area contributed by atoms with Crippen LogP contribution < -0.4 is 5.32 Å². The average Bonchev–Trinajstić information content (AvgIpc) is 2.34. The molecule has 0 fully saturated rings. The number of benzene rings is 1. The van der Waals surface area contributed by atoms with Crippen LogP contribution in [0.1, 0.15) is 44.7 Å². The van der Waals surface area contributed by atoms with Crippen molar-refractivity contribution < 1.29 is 0 Å². The van der Waals surface area contributed by atoms with Crippen LogP contribution >= 0.6 is 27.5 Å². The molecule has 1 N–H and O–H groups in total. The van der Waals surface area contributed by atoms with Crippen molar-refractivity contribution in [2.45, 2.75) is 39.2 Å². The molecule has 1 aromatic rings. The van der Waals surface area contributed by atoms with Gasteiger partial charge in [0.25, 0.3) is 0 Å². The minimum atomic E-state index is 0.368. The van der Waals surface area contributed by atoms with Gasteiger partial charge in [0.2, 0.25) is 0 Å². The molecule has 1 aromatic carbocycles. The standard InChI is InChI=1S/C14H21BrClN/c1-4-10(5-2)8-14(17-3)12-9-11(16)6-7-13(12)15/h6-7,9-10,14,17H,4-5,8H2,1-3H3. The first-order valence-electron chi connectivity index (χ1n) is 6.24. The molecular weight excluding hydrogens is 298 g/mol. The molecule has 1 unspecified atom stereocenters. The summed E-state index contributed by atoms with van der Waals surface area (Å²) >= 11 is 9.68. The van der Waals surface area contributed by atoms with Gasteiger partial charge in [0.15, 0.2) is 0 Å². The fourth-order valence-electron chi connectivity index (χ4n) is 2.14. The molecule has 0 bridgehead atoms. The Kier molecular flexibility index (Phi) is 6.53. The largest absolute Gasteiger partial charge is 0.313 e. The highest BCUT2D eigenvalue weighted by Crippen LogP contribution is 2.31. The maximum absolute atomic E-state index is 6.07. The SMILES string of the molecule is CCC(CC)CC(NC)c1cc(Cl)ccc1Br. The van der Waals surface area contributed by atoms with Gasteiger partial charge < -0.3 is 5.32 Å². The van der Waals surface area contributed by atoms with Crippen molar-refractivity contribution in [1.29, 1.82) is 0 Å². The molecule has 3 heteroatoms. The van der Waals surface area contributed by atoms with Crippen molar-refractivity contribution in [2.24, 2.45) is 5.92 Å². The van der Waals surface area contributed by atoms with Crippen LogP contribution in [0.3, 0.4) is 0 Å². The van der Waals surface area contributed by atoms with Gasteiger partial charge in [-0.05, 0) is 43.1 Å². The van der Waals surface area contributed by atoms with Gasteiger partial charge in [0, 0.05) is 15.5 Å². The zero-order valence-corrected chi connectivity index (χ0v) is 13.1. The summed E-state index contributed by atoms with van der Waals surface area (Å²) in [5.74, 6) is 0.762. The molecule has 1 atom stereocenters. The van der Waals surface area contributed by atoms with Gasteiger partial charge in [0.05, 0.1) is 0 Å². The van der Waals surface area contributed by atoms with Gasteiger partial charge in [-0.2, -0.15) is 0 Å². The molecule has 0 aliphatic heterocycles. The molecular formula is C14H21BrClN. The Balaban J connectivity index is 2.89. The molecule has 0 saturated heterocycles. The molecule has 17 heavy (non-hydrogen) atoms. The van der Waals surface area contributed by atoms with Crippen LogP contribution in [0.5, 0.6) is 0 Å². The van der Waals surface area contributed by atoms with Gasteiger partial charge in [-0.3, -0.25) is 0 Å².